The molecule has 1 aromatic heterocycles. The van der Waals surface area contributed by atoms with E-state index in [1.807, 2.05) is 6.21 Å². The minimum absolute atomic E-state index is 0.561. The molecule has 1 heterocycles. The molecule has 24 heavy (non-hydrogen) atoms. The summed E-state index contributed by atoms with van der Waals surface area (Å²) in [6.45, 7) is 7.23. The lowest BCUT2D eigenvalue weighted by atomic mass is 10.2. The first-order valence-electron chi connectivity index (χ1n) is 8.04. The Balaban J connectivity index is 2.07. The van der Waals surface area contributed by atoms with Gasteiger partial charge in [0.15, 0.2) is 5.11 Å². The van der Waals surface area contributed by atoms with Crippen LogP contribution in [0.3, 0.4) is 0 Å². The Morgan fingerprint density at radius 1 is 1.29 bits per heavy atom. The summed E-state index contributed by atoms with van der Waals surface area (Å²) in [6, 6.07) is 10.6. The van der Waals surface area contributed by atoms with Crippen LogP contribution in [0.2, 0.25) is 0 Å². The van der Waals surface area contributed by atoms with Gasteiger partial charge in [-0.05, 0) is 85.4 Å². The molecular weight excluding hydrogens is 431 g/mol. The number of aryl methyl sites for hydroxylation is 1. The Bertz CT molecular complexity index is 719. The number of unbranched alkanes of at least 4 members (excludes halogenated alkanes) is 1. The van der Waals surface area contributed by atoms with Gasteiger partial charge in [-0.25, -0.2) is 0 Å². The smallest absolute Gasteiger partial charge is 0.186 e. The van der Waals surface area contributed by atoms with Crippen molar-refractivity contribution < 1.29 is 0 Å². The summed E-state index contributed by atoms with van der Waals surface area (Å²) in [5.41, 5.74) is 7.45. The summed E-state index contributed by atoms with van der Waals surface area (Å²) in [6.07, 6.45) is 4.06. The minimum Gasteiger partial charge on any atom is -0.361 e. The fourth-order valence-corrected chi connectivity index (χ4v) is 3.00. The van der Waals surface area contributed by atoms with Crippen LogP contribution in [0, 0.1) is 17.4 Å². The van der Waals surface area contributed by atoms with Gasteiger partial charge in [-0.2, -0.15) is 5.10 Å². The molecular formula is C18H23IN4S. The molecule has 0 fully saturated rings. The third kappa shape index (κ3) is 5.04. The van der Waals surface area contributed by atoms with Crippen LogP contribution in [0.5, 0.6) is 0 Å². The average molecular weight is 454 g/mol. The number of aromatic nitrogens is 1. The molecule has 0 spiro atoms. The van der Waals surface area contributed by atoms with Crippen molar-refractivity contribution in [2.75, 3.05) is 6.54 Å². The second-order valence-corrected chi connectivity index (χ2v) is 7.27. The van der Waals surface area contributed by atoms with Crippen molar-refractivity contribution >= 4 is 46.1 Å². The molecule has 0 amide bonds. The summed E-state index contributed by atoms with van der Waals surface area (Å²) in [4.78, 5) is 0. The van der Waals surface area contributed by atoms with Gasteiger partial charge in [0.2, 0.25) is 0 Å². The quantitative estimate of drug-likeness (QED) is 0.225. The first-order chi connectivity index (χ1) is 11.5. The molecule has 1 aromatic carbocycles. The Kier molecular flexibility index (Phi) is 7.23. The summed E-state index contributed by atoms with van der Waals surface area (Å²) < 4.78 is 3.46. The van der Waals surface area contributed by atoms with Crippen LogP contribution in [0.15, 0.2) is 35.4 Å². The fraction of sp³-hybridized carbons (Fsp3) is 0.333. The number of nitrogens with one attached hydrogen (secondary N) is 2. The van der Waals surface area contributed by atoms with Gasteiger partial charge in [0, 0.05) is 32.8 Å². The molecule has 0 aliphatic carbocycles. The van der Waals surface area contributed by atoms with E-state index in [-0.39, 0.29) is 0 Å². The number of hydrogen-bond acceptors (Lipinski definition) is 2. The molecule has 2 aromatic rings. The van der Waals surface area contributed by atoms with Gasteiger partial charge >= 0.3 is 0 Å². The van der Waals surface area contributed by atoms with Gasteiger partial charge in [-0.3, -0.25) is 5.43 Å². The Morgan fingerprint density at radius 3 is 2.67 bits per heavy atom. The highest BCUT2D eigenvalue weighted by Crippen LogP contribution is 2.20. The van der Waals surface area contributed by atoms with Crippen LogP contribution in [0.25, 0.3) is 5.69 Å². The molecule has 0 saturated carbocycles. The summed E-state index contributed by atoms with van der Waals surface area (Å²) >= 11 is 7.51. The first kappa shape index (κ1) is 18.9. The highest BCUT2D eigenvalue weighted by atomic mass is 127. The molecule has 0 atom stereocenters. The standard InChI is InChI=1S/C18H23IN4S/c1-4-5-10-20-18(24)22-21-12-15-11-13(2)23(14(15)3)17-8-6-16(19)7-9-17/h6-9,11-12H,4-5,10H2,1-3H3,(H2,20,22,24). The number of halogens is 1. The van der Waals surface area contributed by atoms with Gasteiger partial charge in [0.25, 0.3) is 0 Å². The van der Waals surface area contributed by atoms with Gasteiger partial charge in [-0.1, -0.05) is 13.3 Å². The maximum atomic E-state index is 5.19. The summed E-state index contributed by atoms with van der Waals surface area (Å²) in [5, 5.41) is 7.94. The lowest BCUT2D eigenvalue weighted by molar-refractivity contribution is 0.745. The van der Waals surface area contributed by atoms with E-state index in [1.54, 1.807) is 0 Å². The normalized spacial score (nSPS) is 11.0. The predicted octanol–water partition coefficient (Wildman–Crippen LogP) is 4.30. The van der Waals surface area contributed by atoms with Crippen molar-refractivity contribution in [2.45, 2.75) is 33.6 Å². The Labute approximate surface area is 162 Å². The molecule has 6 heteroatoms. The number of hydrogen-bond donors (Lipinski definition) is 2. The molecule has 2 rings (SSSR count). The van der Waals surface area contributed by atoms with E-state index in [9.17, 15) is 0 Å². The molecule has 4 nitrogen and oxygen atoms in total. The number of thiocarbonyl (C=S) groups is 1. The van der Waals surface area contributed by atoms with Crippen molar-refractivity contribution in [3.63, 3.8) is 0 Å². The van der Waals surface area contributed by atoms with Crippen LogP contribution in [0.1, 0.15) is 36.7 Å². The zero-order valence-electron chi connectivity index (χ0n) is 14.3. The predicted molar refractivity (Wildman–Crippen MR) is 114 cm³/mol. The molecule has 0 radical (unpaired) electrons. The van der Waals surface area contributed by atoms with Crippen LogP contribution in [0.4, 0.5) is 0 Å². The zero-order valence-corrected chi connectivity index (χ0v) is 17.2. The van der Waals surface area contributed by atoms with Gasteiger partial charge in [0.1, 0.15) is 0 Å². The molecule has 0 unspecified atom stereocenters. The highest BCUT2D eigenvalue weighted by Gasteiger charge is 2.09. The van der Waals surface area contributed by atoms with Crippen molar-refractivity contribution in [2.24, 2.45) is 5.10 Å². The average Bonchev–Trinajstić information content (AvgIpc) is 2.83. The van der Waals surface area contributed by atoms with E-state index in [1.165, 1.54) is 9.26 Å². The number of hydrazone groups is 1. The third-order valence-corrected chi connectivity index (χ3v) is 4.70. The van der Waals surface area contributed by atoms with Crippen LogP contribution < -0.4 is 10.7 Å². The van der Waals surface area contributed by atoms with E-state index < -0.39 is 0 Å². The highest BCUT2D eigenvalue weighted by molar-refractivity contribution is 14.1. The number of benzene rings is 1. The summed E-state index contributed by atoms with van der Waals surface area (Å²) in [5.74, 6) is 0. The van der Waals surface area contributed by atoms with Gasteiger partial charge in [0.05, 0.1) is 6.21 Å². The zero-order chi connectivity index (χ0) is 17.5. The molecule has 0 aliphatic rings. The molecule has 0 saturated heterocycles. The number of rotatable bonds is 6. The van der Waals surface area contributed by atoms with Crippen LogP contribution in [-0.2, 0) is 0 Å². The van der Waals surface area contributed by atoms with E-state index in [0.717, 1.165) is 36.3 Å². The van der Waals surface area contributed by atoms with E-state index in [2.05, 4.69) is 94.1 Å². The van der Waals surface area contributed by atoms with E-state index >= 15 is 0 Å². The largest absolute Gasteiger partial charge is 0.361 e. The lowest BCUT2D eigenvalue weighted by Crippen LogP contribution is -2.32. The summed E-state index contributed by atoms with van der Waals surface area (Å²) in [7, 11) is 0. The molecule has 2 N–H and O–H groups in total. The number of nitrogens with zero attached hydrogens (tertiary/aromatic N) is 2. The maximum Gasteiger partial charge on any atom is 0.186 e. The van der Waals surface area contributed by atoms with Crippen molar-refractivity contribution in [3.8, 4) is 5.69 Å². The second kappa shape index (κ2) is 9.17. The fourth-order valence-electron chi connectivity index (χ4n) is 2.48. The SMILES string of the molecule is CCCCNC(=S)NN=Cc1cc(C)n(-c2ccc(I)cc2)c1C. The topological polar surface area (TPSA) is 41.4 Å². The lowest BCUT2D eigenvalue weighted by Gasteiger charge is -2.09. The van der Waals surface area contributed by atoms with Gasteiger partial charge < -0.3 is 9.88 Å². The molecule has 128 valence electrons. The third-order valence-electron chi connectivity index (χ3n) is 3.74. The monoisotopic (exact) mass is 454 g/mol. The van der Waals surface area contributed by atoms with Crippen molar-refractivity contribution in [1.29, 1.82) is 0 Å². The van der Waals surface area contributed by atoms with E-state index in [4.69, 9.17) is 12.2 Å². The maximum absolute atomic E-state index is 5.19. The van der Waals surface area contributed by atoms with Crippen molar-refractivity contribution in [3.05, 3.63) is 50.9 Å². The molecule has 0 bridgehead atoms. The minimum atomic E-state index is 0.561. The van der Waals surface area contributed by atoms with Crippen LogP contribution >= 0.6 is 34.8 Å². The Morgan fingerprint density at radius 2 is 2.00 bits per heavy atom. The van der Waals surface area contributed by atoms with Crippen molar-refractivity contribution in [1.82, 2.24) is 15.3 Å². The van der Waals surface area contributed by atoms with Crippen LogP contribution in [-0.4, -0.2) is 22.4 Å². The first-order valence-corrected chi connectivity index (χ1v) is 9.53. The molecule has 0 aliphatic heterocycles. The van der Waals surface area contributed by atoms with E-state index in [0.29, 0.717) is 5.11 Å². The Hall–Kier alpha value is -1.41. The second-order valence-electron chi connectivity index (χ2n) is 5.62. The van der Waals surface area contributed by atoms with Gasteiger partial charge in [-0.15, -0.1) is 0 Å².